The number of alkyl halides is 3. The normalized spacial score (nSPS) is 11.2. The van der Waals surface area contributed by atoms with E-state index in [0.717, 1.165) is 12.1 Å². The van der Waals surface area contributed by atoms with E-state index in [1.807, 2.05) is 13.0 Å². The van der Waals surface area contributed by atoms with Gasteiger partial charge < -0.3 is 5.32 Å². The van der Waals surface area contributed by atoms with Gasteiger partial charge in [0.15, 0.2) is 0 Å². The minimum Gasteiger partial charge on any atom is -0.369 e. The molecule has 1 N–H and O–H groups in total. The fourth-order valence-electron chi connectivity index (χ4n) is 1.81. The number of anilines is 1. The van der Waals surface area contributed by atoms with Crippen molar-refractivity contribution in [2.24, 2.45) is 0 Å². The molecule has 8 heteroatoms. The van der Waals surface area contributed by atoms with Gasteiger partial charge in [0, 0.05) is 6.54 Å². The number of hydrogen-bond donors (Lipinski definition) is 1. The van der Waals surface area contributed by atoms with Crippen molar-refractivity contribution in [3.05, 3.63) is 40.5 Å². The summed E-state index contributed by atoms with van der Waals surface area (Å²) in [5, 5.41) is 15.8. The Labute approximate surface area is 123 Å². The molecule has 1 aromatic heterocycles. The monoisotopic (exact) mass is 314 g/mol. The lowest BCUT2D eigenvalue weighted by Crippen LogP contribution is -2.09. The van der Waals surface area contributed by atoms with Crippen molar-refractivity contribution in [1.29, 1.82) is 5.26 Å². The molecule has 0 aliphatic heterocycles. The molecule has 0 bridgehead atoms. The van der Waals surface area contributed by atoms with Gasteiger partial charge in [-0.15, -0.1) is 0 Å². The molecule has 110 valence electrons. The average molecular weight is 315 g/mol. The minimum absolute atomic E-state index is 0.100. The van der Waals surface area contributed by atoms with Gasteiger partial charge in [0.1, 0.15) is 17.5 Å². The highest BCUT2D eigenvalue weighted by Gasteiger charge is 2.31. The smallest absolute Gasteiger partial charge is 0.369 e. The first-order chi connectivity index (χ1) is 9.88. The van der Waals surface area contributed by atoms with E-state index < -0.39 is 11.7 Å². The SMILES string of the molecule is CCNc1c(C#N)cnn1-c1ccc(C(F)(F)F)cc1Cl. The third-order valence-electron chi connectivity index (χ3n) is 2.74. The van der Waals surface area contributed by atoms with E-state index >= 15 is 0 Å². The topological polar surface area (TPSA) is 53.6 Å². The molecule has 0 unspecified atom stereocenters. The molecule has 0 amide bonds. The molecule has 0 radical (unpaired) electrons. The van der Waals surface area contributed by atoms with Crippen LogP contribution in [0.2, 0.25) is 5.02 Å². The lowest BCUT2D eigenvalue weighted by molar-refractivity contribution is -0.137. The van der Waals surface area contributed by atoms with Crippen molar-refractivity contribution in [2.75, 3.05) is 11.9 Å². The van der Waals surface area contributed by atoms with Crippen LogP contribution in [0.5, 0.6) is 0 Å². The summed E-state index contributed by atoms with van der Waals surface area (Å²) in [5.41, 5.74) is -0.288. The Kier molecular flexibility index (Phi) is 4.09. The number of aromatic nitrogens is 2. The first-order valence-electron chi connectivity index (χ1n) is 5.97. The van der Waals surface area contributed by atoms with E-state index in [1.54, 1.807) is 0 Å². The standard InChI is InChI=1S/C13H10ClF3N4/c1-2-19-12-8(6-18)7-20-21(12)11-4-3-9(5-10(11)14)13(15,16)17/h3-5,7,19H,2H2,1H3. The van der Waals surface area contributed by atoms with Crippen molar-refractivity contribution in [3.8, 4) is 11.8 Å². The number of nitrogens with zero attached hydrogens (tertiary/aromatic N) is 3. The summed E-state index contributed by atoms with van der Waals surface area (Å²) in [7, 11) is 0. The molecule has 4 nitrogen and oxygen atoms in total. The van der Waals surface area contributed by atoms with Gasteiger partial charge in [-0.25, -0.2) is 4.68 Å². The third-order valence-corrected chi connectivity index (χ3v) is 3.04. The summed E-state index contributed by atoms with van der Waals surface area (Å²) in [6, 6.07) is 4.93. The molecule has 0 aliphatic rings. The largest absolute Gasteiger partial charge is 0.416 e. The summed E-state index contributed by atoms with van der Waals surface area (Å²) in [5.74, 6) is 0.390. The number of hydrogen-bond acceptors (Lipinski definition) is 3. The summed E-state index contributed by atoms with van der Waals surface area (Å²) in [6.45, 7) is 2.35. The van der Waals surface area contributed by atoms with E-state index in [0.29, 0.717) is 12.4 Å². The van der Waals surface area contributed by atoms with Crippen LogP contribution in [0.3, 0.4) is 0 Å². The molecule has 0 aliphatic carbocycles. The number of rotatable bonds is 3. The lowest BCUT2D eigenvalue weighted by atomic mass is 10.2. The first kappa shape index (κ1) is 15.2. The van der Waals surface area contributed by atoms with Crippen LogP contribution < -0.4 is 5.32 Å². The highest BCUT2D eigenvalue weighted by Crippen LogP contribution is 2.34. The quantitative estimate of drug-likeness (QED) is 0.936. The van der Waals surface area contributed by atoms with Gasteiger partial charge in [0.2, 0.25) is 0 Å². The van der Waals surface area contributed by atoms with Gasteiger partial charge in [-0.05, 0) is 25.1 Å². The van der Waals surface area contributed by atoms with Gasteiger partial charge in [-0.2, -0.15) is 23.5 Å². The molecular weight excluding hydrogens is 305 g/mol. The van der Waals surface area contributed by atoms with Crippen molar-refractivity contribution >= 4 is 17.4 Å². The second-order valence-corrected chi connectivity index (χ2v) is 4.53. The number of nitrogens with one attached hydrogen (secondary N) is 1. The second kappa shape index (κ2) is 5.66. The van der Waals surface area contributed by atoms with Crippen LogP contribution in [-0.2, 0) is 6.18 Å². The molecule has 0 atom stereocenters. The van der Waals surface area contributed by atoms with E-state index in [9.17, 15) is 13.2 Å². The molecule has 0 fully saturated rings. The molecule has 2 aromatic rings. The van der Waals surface area contributed by atoms with Crippen LogP contribution in [0, 0.1) is 11.3 Å². The van der Waals surface area contributed by atoms with Crippen LogP contribution in [0.15, 0.2) is 24.4 Å². The molecule has 1 heterocycles. The summed E-state index contributed by atoms with van der Waals surface area (Å²) >= 11 is 5.92. The number of benzene rings is 1. The maximum Gasteiger partial charge on any atom is 0.416 e. The summed E-state index contributed by atoms with van der Waals surface area (Å²) in [6.07, 6.45) is -3.14. The summed E-state index contributed by atoms with van der Waals surface area (Å²) < 4.78 is 39.2. The van der Waals surface area contributed by atoms with Gasteiger partial charge in [-0.1, -0.05) is 11.6 Å². The zero-order valence-electron chi connectivity index (χ0n) is 10.9. The lowest BCUT2D eigenvalue weighted by Gasteiger charge is -2.12. The molecule has 21 heavy (non-hydrogen) atoms. The minimum atomic E-state index is -4.46. The Bertz CT molecular complexity index is 700. The summed E-state index contributed by atoms with van der Waals surface area (Å²) in [4.78, 5) is 0. The molecular formula is C13H10ClF3N4. The maximum atomic E-state index is 12.6. The highest BCUT2D eigenvalue weighted by molar-refractivity contribution is 6.32. The highest BCUT2D eigenvalue weighted by atomic mass is 35.5. The van der Waals surface area contributed by atoms with Crippen LogP contribution >= 0.6 is 11.6 Å². The van der Waals surface area contributed by atoms with Gasteiger partial charge in [0.05, 0.1) is 22.5 Å². The van der Waals surface area contributed by atoms with Crippen LogP contribution in [-0.4, -0.2) is 16.3 Å². The molecule has 2 rings (SSSR count). The Morgan fingerprint density at radius 2 is 2.14 bits per heavy atom. The predicted octanol–water partition coefficient (Wildman–Crippen LogP) is 3.85. The third kappa shape index (κ3) is 2.95. The molecule has 0 spiro atoms. The van der Waals surface area contributed by atoms with E-state index in [4.69, 9.17) is 16.9 Å². The molecule has 1 aromatic carbocycles. The van der Waals surface area contributed by atoms with Crippen molar-refractivity contribution < 1.29 is 13.2 Å². The fraction of sp³-hybridized carbons (Fsp3) is 0.231. The Morgan fingerprint density at radius 1 is 1.43 bits per heavy atom. The zero-order valence-corrected chi connectivity index (χ0v) is 11.6. The molecule has 0 saturated heterocycles. The average Bonchev–Trinajstić information content (AvgIpc) is 2.81. The molecule has 0 saturated carbocycles. The van der Waals surface area contributed by atoms with Gasteiger partial charge in [0.25, 0.3) is 0 Å². The van der Waals surface area contributed by atoms with Crippen molar-refractivity contribution in [3.63, 3.8) is 0 Å². The van der Waals surface area contributed by atoms with Crippen molar-refractivity contribution in [1.82, 2.24) is 9.78 Å². The Morgan fingerprint density at radius 3 is 2.67 bits per heavy atom. The predicted molar refractivity (Wildman–Crippen MR) is 72.5 cm³/mol. The first-order valence-corrected chi connectivity index (χ1v) is 6.35. The van der Waals surface area contributed by atoms with E-state index in [1.165, 1.54) is 16.9 Å². The maximum absolute atomic E-state index is 12.6. The van der Waals surface area contributed by atoms with E-state index in [-0.39, 0.29) is 16.3 Å². The number of nitriles is 1. The van der Waals surface area contributed by atoms with Crippen LogP contribution in [0.25, 0.3) is 5.69 Å². The second-order valence-electron chi connectivity index (χ2n) is 4.12. The van der Waals surface area contributed by atoms with Gasteiger partial charge in [-0.3, -0.25) is 0 Å². The Hall–Kier alpha value is -2.20. The van der Waals surface area contributed by atoms with E-state index in [2.05, 4.69) is 10.4 Å². The van der Waals surface area contributed by atoms with Crippen molar-refractivity contribution in [2.45, 2.75) is 13.1 Å². The van der Waals surface area contributed by atoms with Crippen LogP contribution in [0.4, 0.5) is 19.0 Å². The Balaban J connectivity index is 2.53. The number of halogens is 4. The zero-order chi connectivity index (χ0) is 15.6. The fourth-order valence-corrected chi connectivity index (χ4v) is 2.07. The van der Waals surface area contributed by atoms with Crippen LogP contribution in [0.1, 0.15) is 18.1 Å². The van der Waals surface area contributed by atoms with Gasteiger partial charge >= 0.3 is 6.18 Å².